The van der Waals surface area contributed by atoms with Gasteiger partial charge in [0.1, 0.15) is 6.61 Å². The highest BCUT2D eigenvalue weighted by Crippen LogP contribution is 2.18. The van der Waals surface area contributed by atoms with Gasteiger partial charge in [-0.25, -0.2) is 0 Å². The molecule has 0 aliphatic heterocycles. The molecule has 2 unspecified atom stereocenters. The van der Waals surface area contributed by atoms with E-state index in [-0.39, 0.29) is 13.0 Å². The lowest BCUT2D eigenvalue weighted by Gasteiger charge is -2.25. The Hall–Kier alpha value is -0.330. The molecule has 0 aromatic rings. The minimum absolute atomic E-state index is 0.00722. The van der Waals surface area contributed by atoms with Crippen LogP contribution >= 0.6 is 0 Å². The number of hydrogen-bond acceptors (Lipinski definition) is 3. The maximum absolute atomic E-state index is 11.7. The number of hydrogen-bond donors (Lipinski definition) is 2. The van der Waals surface area contributed by atoms with Crippen LogP contribution in [0.3, 0.4) is 0 Å². The van der Waals surface area contributed by atoms with Crippen LogP contribution in [0.25, 0.3) is 0 Å². The molecule has 2 atom stereocenters. The molecule has 0 aromatic heterocycles. The first-order valence-electron chi connectivity index (χ1n) is 4.27. The van der Waals surface area contributed by atoms with Gasteiger partial charge in [0.25, 0.3) is 0 Å². The van der Waals surface area contributed by atoms with Crippen molar-refractivity contribution in [2.75, 3.05) is 13.2 Å². The van der Waals surface area contributed by atoms with Gasteiger partial charge >= 0.3 is 6.18 Å². The minimum atomic E-state index is -4.33. The molecule has 3 N–H and O–H groups in total. The predicted molar refractivity (Wildman–Crippen MR) is 45.8 cm³/mol. The summed E-state index contributed by atoms with van der Waals surface area (Å²) in [6, 6.07) is 0. The minimum Gasteiger partial charge on any atom is -0.389 e. The Morgan fingerprint density at radius 2 is 1.93 bits per heavy atom. The van der Waals surface area contributed by atoms with Crippen molar-refractivity contribution in [2.45, 2.75) is 38.1 Å². The molecule has 0 rings (SSSR count). The Kier molecular flexibility index (Phi) is 4.83. The fourth-order valence-electron chi connectivity index (χ4n) is 0.998. The summed E-state index contributed by atoms with van der Waals surface area (Å²) in [5.41, 5.74) is 4.03. The van der Waals surface area contributed by atoms with Crippen LogP contribution in [0.15, 0.2) is 0 Å². The van der Waals surface area contributed by atoms with E-state index in [1.54, 1.807) is 0 Å². The summed E-state index contributed by atoms with van der Waals surface area (Å²) in [4.78, 5) is 0. The average molecular weight is 215 g/mol. The topological polar surface area (TPSA) is 55.5 Å². The van der Waals surface area contributed by atoms with Crippen molar-refractivity contribution in [1.29, 1.82) is 0 Å². The summed E-state index contributed by atoms with van der Waals surface area (Å²) in [6.07, 6.45) is -4.92. The number of ether oxygens (including phenoxy) is 1. The molecule has 0 saturated heterocycles. The molecule has 0 aromatic carbocycles. The monoisotopic (exact) mass is 215 g/mol. The van der Waals surface area contributed by atoms with Crippen LogP contribution < -0.4 is 5.73 Å². The maximum Gasteiger partial charge on any atom is 0.411 e. The van der Waals surface area contributed by atoms with E-state index >= 15 is 0 Å². The first kappa shape index (κ1) is 13.7. The highest BCUT2D eigenvalue weighted by Gasteiger charge is 2.30. The second kappa shape index (κ2) is 4.95. The maximum atomic E-state index is 11.7. The van der Waals surface area contributed by atoms with Crippen LogP contribution in [-0.2, 0) is 4.74 Å². The fourth-order valence-corrected chi connectivity index (χ4v) is 0.998. The highest BCUT2D eigenvalue weighted by atomic mass is 19.4. The summed E-state index contributed by atoms with van der Waals surface area (Å²) in [6.45, 7) is 1.62. The van der Waals surface area contributed by atoms with E-state index in [4.69, 9.17) is 5.73 Å². The van der Waals surface area contributed by atoms with Gasteiger partial charge in [0, 0.05) is 13.0 Å². The third-order valence-electron chi connectivity index (χ3n) is 1.70. The lowest BCUT2D eigenvalue weighted by molar-refractivity contribution is -0.187. The summed E-state index contributed by atoms with van der Waals surface area (Å²) in [7, 11) is 0. The number of nitrogens with two attached hydrogens (primary N) is 1. The van der Waals surface area contributed by atoms with E-state index in [2.05, 4.69) is 4.74 Å². The zero-order valence-corrected chi connectivity index (χ0v) is 8.27. The van der Waals surface area contributed by atoms with Gasteiger partial charge in [-0.1, -0.05) is 0 Å². The normalized spacial score (nSPS) is 19.1. The molecule has 0 spiro atoms. The molecular formula is C8H16F3NO2. The lowest BCUT2D eigenvalue weighted by Crippen LogP contribution is -2.38. The Labute approximate surface area is 81.0 Å². The molecule has 0 radical (unpaired) electrons. The Morgan fingerprint density at radius 3 is 2.29 bits per heavy atom. The third kappa shape index (κ3) is 7.11. The van der Waals surface area contributed by atoms with Crippen LogP contribution in [0.4, 0.5) is 13.2 Å². The van der Waals surface area contributed by atoms with Gasteiger partial charge in [-0.05, 0) is 13.8 Å². The molecule has 0 aliphatic rings. The van der Waals surface area contributed by atoms with Gasteiger partial charge in [0.05, 0.1) is 11.7 Å². The molecule has 0 saturated carbocycles. The second-order valence-electron chi connectivity index (χ2n) is 3.64. The summed E-state index contributed by atoms with van der Waals surface area (Å²) >= 11 is 0. The number of aliphatic hydroxyl groups is 1. The summed E-state index contributed by atoms with van der Waals surface area (Å²) in [5.74, 6) is 0. The average Bonchev–Trinajstić information content (AvgIpc) is 1.99. The smallest absolute Gasteiger partial charge is 0.389 e. The first-order chi connectivity index (χ1) is 6.16. The number of alkyl halides is 3. The van der Waals surface area contributed by atoms with Gasteiger partial charge in [-0.15, -0.1) is 0 Å². The number of halogens is 3. The zero-order chi connectivity index (χ0) is 11.4. The van der Waals surface area contributed by atoms with Crippen molar-refractivity contribution in [3.63, 3.8) is 0 Å². The molecule has 14 heavy (non-hydrogen) atoms. The summed E-state index contributed by atoms with van der Waals surface area (Å²) < 4.78 is 39.7. The van der Waals surface area contributed by atoms with E-state index in [1.165, 1.54) is 13.8 Å². The zero-order valence-electron chi connectivity index (χ0n) is 8.27. The van der Waals surface area contributed by atoms with Crippen LogP contribution in [0, 0.1) is 0 Å². The van der Waals surface area contributed by atoms with Crippen molar-refractivity contribution < 1.29 is 23.0 Å². The van der Waals surface area contributed by atoms with Crippen molar-refractivity contribution >= 4 is 0 Å². The second-order valence-corrected chi connectivity index (χ2v) is 3.64. The van der Waals surface area contributed by atoms with Crippen molar-refractivity contribution in [3.05, 3.63) is 0 Å². The quantitative estimate of drug-likeness (QED) is 0.720. The number of rotatable bonds is 5. The Balaban J connectivity index is 3.82. The van der Waals surface area contributed by atoms with Crippen LogP contribution in [0.1, 0.15) is 20.3 Å². The molecule has 6 heteroatoms. The van der Waals surface area contributed by atoms with E-state index in [1.807, 2.05) is 0 Å². The van der Waals surface area contributed by atoms with Crippen LogP contribution in [0.5, 0.6) is 0 Å². The standard InChI is InChI=1S/C8H16F3NO2/c1-6(3-7(2,13)4-12)14-5-8(9,10)11/h6,13H,3-5,12H2,1-2H3. The molecule has 3 nitrogen and oxygen atoms in total. The largest absolute Gasteiger partial charge is 0.411 e. The van der Waals surface area contributed by atoms with Crippen molar-refractivity contribution in [3.8, 4) is 0 Å². The Bertz CT molecular complexity index is 170. The van der Waals surface area contributed by atoms with Crippen LogP contribution in [-0.4, -0.2) is 36.1 Å². The van der Waals surface area contributed by atoms with E-state index in [0.717, 1.165) is 0 Å². The predicted octanol–water partition coefficient (Wildman–Crippen LogP) is 1.05. The molecule has 86 valence electrons. The van der Waals surface area contributed by atoms with E-state index in [9.17, 15) is 18.3 Å². The molecule has 0 fully saturated rings. The van der Waals surface area contributed by atoms with Crippen LogP contribution in [0.2, 0.25) is 0 Å². The third-order valence-corrected chi connectivity index (χ3v) is 1.70. The molecular weight excluding hydrogens is 199 g/mol. The van der Waals surface area contributed by atoms with Gasteiger partial charge in [0.2, 0.25) is 0 Å². The lowest BCUT2D eigenvalue weighted by atomic mass is 10.00. The molecule has 0 amide bonds. The van der Waals surface area contributed by atoms with Gasteiger partial charge in [0.15, 0.2) is 0 Å². The van der Waals surface area contributed by atoms with Crippen molar-refractivity contribution in [2.24, 2.45) is 5.73 Å². The highest BCUT2D eigenvalue weighted by molar-refractivity contribution is 4.76. The summed E-state index contributed by atoms with van der Waals surface area (Å²) in [5, 5.41) is 9.44. The SMILES string of the molecule is CC(CC(C)(O)CN)OCC(F)(F)F. The Morgan fingerprint density at radius 1 is 1.43 bits per heavy atom. The molecule has 0 aliphatic carbocycles. The molecule has 0 heterocycles. The van der Waals surface area contributed by atoms with Gasteiger partial charge in [-0.3, -0.25) is 0 Å². The van der Waals surface area contributed by atoms with E-state index < -0.39 is 24.5 Å². The van der Waals surface area contributed by atoms with Crippen molar-refractivity contribution in [1.82, 2.24) is 0 Å². The molecule has 0 bridgehead atoms. The van der Waals surface area contributed by atoms with Gasteiger partial charge in [-0.2, -0.15) is 13.2 Å². The first-order valence-corrected chi connectivity index (χ1v) is 4.27. The van der Waals surface area contributed by atoms with E-state index in [0.29, 0.717) is 0 Å². The fraction of sp³-hybridized carbons (Fsp3) is 1.00. The van der Waals surface area contributed by atoms with Gasteiger partial charge < -0.3 is 15.6 Å².